The third kappa shape index (κ3) is 6.03. The number of carbonyl (C=O) groups is 2. The van der Waals surface area contributed by atoms with Crippen molar-refractivity contribution in [2.75, 3.05) is 18.4 Å². The van der Waals surface area contributed by atoms with Crippen LogP contribution in [0, 0.1) is 11.3 Å². The third-order valence-electron chi connectivity index (χ3n) is 5.62. The molecule has 9 heteroatoms. The second-order valence-electron chi connectivity index (χ2n) is 9.34. The molecule has 3 aromatic rings. The molecule has 3 heterocycles. The van der Waals surface area contributed by atoms with Crippen LogP contribution in [0.3, 0.4) is 0 Å². The van der Waals surface area contributed by atoms with Crippen LogP contribution in [0.4, 0.5) is 9.93 Å². The first-order valence-corrected chi connectivity index (χ1v) is 12.3. The first kappa shape index (κ1) is 24.4. The topological polar surface area (TPSA) is 108 Å². The minimum atomic E-state index is -0.514. The maximum absolute atomic E-state index is 13.0. The fraction of sp³-hybridized carbons (Fsp3) is 0.346. The first-order valence-electron chi connectivity index (χ1n) is 11.4. The van der Waals surface area contributed by atoms with Crippen molar-refractivity contribution in [2.45, 2.75) is 45.1 Å². The molecule has 1 saturated heterocycles. The van der Waals surface area contributed by atoms with Gasteiger partial charge in [0.15, 0.2) is 5.13 Å². The standard InChI is InChI=1S/C26H27N5O3S.H2/c1-26(2,3)34-25(33)31-13-10-17(11-14-31)18-7-6-8-19(15-18)23(32)30-24-29-22(21(16-27)35-24)20-9-4-5-12-28-20;/h4-9,12,15,17H,10-11,13-14H2,1-3H3,(H,29,30,32);1H. The van der Waals surface area contributed by atoms with Gasteiger partial charge in [-0.2, -0.15) is 5.26 Å². The Morgan fingerprint density at radius 3 is 2.63 bits per heavy atom. The summed E-state index contributed by atoms with van der Waals surface area (Å²) in [5.41, 5.74) is 2.11. The maximum atomic E-state index is 13.0. The van der Waals surface area contributed by atoms with Gasteiger partial charge >= 0.3 is 6.09 Å². The zero-order chi connectivity index (χ0) is 25.0. The quantitative estimate of drug-likeness (QED) is 0.502. The summed E-state index contributed by atoms with van der Waals surface area (Å²) in [6.45, 7) is 6.81. The van der Waals surface area contributed by atoms with Gasteiger partial charge in [-0.05, 0) is 69.4 Å². The summed E-state index contributed by atoms with van der Waals surface area (Å²) < 4.78 is 5.48. The Morgan fingerprint density at radius 1 is 1.20 bits per heavy atom. The number of aromatic nitrogens is 2. The van der Waals surface area contributed by atoms with Gasteiger partial charge in [0.1, 0.15) is 22.2 Å². The van der Waals surface area contributed by atoms with E-state index in [2.05, 4.69) is 21.4 Å². The van der Waals surface area contributed by atoms with Crippen molar-refractivity contribution in [3.63, 3.8) is 0 Å². The molecule has 35 heavy (non-hydrogen) atoms. The van der Waals surface area contributed by atoms with E-state index in [4.69, 9.17) is 4.74 Å². The molecule has 1 fully saturated rings. The lowest BCUT2D eigenvalue weighted by atomic mass is 9.88. The van der Waals surface area contributed by atoms with Crippen molar-refractivity contribution in [2.24, 2.45) is 0 Å². The van der Waals surface area contributed by atoms with Crippen molar-refractivity contribution < 1.29 is 15.8 Å². The number of amides is 2. The molecule has 1 N–H and O–H groups in total. The number of nitrogens with one attached hydrogen (secondary N) is 1. The number of likely N-dealkylation sites (tertiary alicyclic amines) is 1. The van der Waals surface area contributed by atoms with Gasteiger partial charge in [-0.1, -0.05) is 29.5 Å². The summed E-state index contributed by atoms with van der Waals surface area (Å²) >= 11 is 1.12. The lowest BCUT2D eigenvalue weighted by Crippen LogP contribution is -2.41. The number of nitriles is 1. The molecule has 0 aliphatic carbocycles. The number of pyridine rings is 1. The summed E-state index contributed by atoms with van der Waals surface area (Å²) in [7, 11) is 0. The molecular weight excluding hydrogens is 462 g/mol. The Balaban J connectivity index is 0.00000361. The number of thiazole rings is 1. The molecule has 1 aliphatic rings. The van der Waals surface area contributed by atoms with Crippen LogP contribution in [0.2, 0.25) is 0 Å². The zero-order valence-electron chi connectivity index (χ0n) is 19.9. The number of piperidine rings is 1. The normalized spacial score (nSPS) is 14.3. The highest BCUT2D eigenvalue weighted by Gasteiger charge is 2.28. The fourth-order valence-corrected chi connectivity index (χ4v) is 4.72. The van der Waals surface area contributed by atoms with Crippen molar-refractivity contribution in [3.8, 4) is 17.5 Å². The largest absolute Gasteiger partial charge is 0.444 e. The Labute approximate surface area is 210 Å². The molecule has 0 saturated carbocycles. The number of ether oxygens (including phenoxy) is 1. The summed E-state index contributed by atoms with van der Waals surface area (Å²) in [6, 6.07) is 15.1. The summed E-state index contributed by atoms with van der Waals surface area (Å²) in [6.07, 6.45) is 2.96. The molecule has 0 spiro atoms. The van der Waals surface area contributed by atoms with Crippen molar-refractivity contribution >= 4 is 28.5 Å². The van der Waals surface area contributed by atoms with Crippen molar-refractivity contribution in [1.29, 1.82) is 5.26 Å². The van der Waals surface area contributed by atoms with Gasteiger partial charge in [-0.3, -0.25) is 15.1 Å². The second-order valence-corrected chi connectivity index (χ2v) is 10.3. The molecule has 182 valence electrons. The SMILES string of the molecule is CC(C)(C)OC(=O)N1CCC(c2cccc(C(=O)Nc3nc(-c4ccccn4)c(C#N)s3)c2)CC1.[HH]. The highest BCUT2D eigenvalue weighted by molar-refractivity contribution is 7.16. The first-order chi connectivity index (χ1) is 16.7. The van der Waals surface area contributed by atoms with E-state index in [-0.39, 0.29) is 19.3 Å². The van der Waals surface area contributed by atoms with E-state index >= 15 is 0 Å². The summed E-state index contributed by atoms with van der Waals surface area (Å²) in [4.78, 5) is 36.1. The minimum Gasteiger partial charge on any atom is -0.444 e. The van der Waals surface area contributed by atoms with Crippen LogP contribution in [-0.2, 0) is 4.74 Å². The highest BCUT2D eigenvalue weighted by Crippen LogP contribution is 2.31. The fourth-order valence-electron chi connectivity index (χ4n) is 3.95. The average molecular weight is 492 g/mol. The van der Waals surface area contributed by atoms with Crippen molar-refractivity contribution in [1.82, 2.24) is 14.9 Å². The highest BCUT2D eigenvalue weighted by atomic mass is 32.1. The predicted molar refractivity (Wildman–Crippen MR) is 136 cm³/mol. The molecule has 1 aliphatic heterocycles. The summed E-state index contributed by atoms with van der Waals surface area (Å²) in [5, 5.41) is 12.6. The number of carbonyl (C=O) groups excluding carboxylic acids is 2. The van der Waals surface area contributed by atoms with Gasteiger partial charge in [0.25, 0.3) is 5.91 Å². The number of nitrogens with zero attached hydrogens (tertiary/aromatic N) is 4. The van der Waals surface area contributed by atoms with E-state index in [1.807, 2.05) is 45.0 Å². The van der Waals surface area contributed by atoms with E-state index in [1.165, 1.54) is 0 Å². The van der Waals surface area contributed by atoms with Crippen LogP contribution < -0.4 is 5.32 Å². The number of hydrogen-bond donors (Lipinski definition) is 1. The molecule has 2 amide bonds. The molecule has 0 radical (unpaired) electrons. The van der Waals surface area contributed by atoms with Crippen LogP contribution in [0.25, 0.3) is 11.4 Å². The predicted octanol–water partition coefficient (Wildman–Crippen LogP) is 5.69. The Kier molecular flexibility index (Phi) is 7.12. The van der Waals surface area contributed by atoms with E-state index in [1.54, 1.807) is 29.3 Å². The lowest BCUT2D eigenvalue weighted by Gasteiger charge is -2.33. The van der Waals surface area contributed by atoms with Gasteiger partial charge in [-0.25, -0.2) is 9.78 Å². The lowest BCUT2D eigenvalue weighted by molar-refractivity contribution is 0.0205. The van der Waals surface area contributed by atoms with Crippen LogP contribution >= 0.6 is 11.3 Å². The van der Waals surface area contributed by atoms with Crippen molar-refractivity contribution in [3.05, 3.63) is 64.7 Å². The smallest absolute Gasteiger partial charge is 0.410 e. The molecular formula is C26H29N5O3S. The van der Waals surface area contributed by atoms with E-state index < -0.39 is 5.60 Å². The average Bonchev–Trinajstić information content (AvgIpc) is 3.26. The van der Waals surface area contributed by atoms with Crippen LogP contribution in [-0.4, -0.2) is 45.6 Å². The van der Waals surface area contributed by atoms with Gasteiger partial charge in [0, 0.05) is 26.3 Å². The molecule has 0 atom stereocenters. The van der Waals surface area contributed by atoms with Gasteiger partial charge in [0.05, 0.1) is 5.69 Å². The van der Waals surface area contributed by atoms with Gasteiger partial charge in [0.2, 0.25) is 0 Å². The molecule has 1 aromatic carbocycles. The molecule has 0 unspecified atom stereocenters. The van der Waals surface area contributed by atoms with Gasteiger partial charge < -0.3 is 9.64 Å². The Hall–Kier alpha value is -3.77. The summed E-state index contributed by atoms with van der Waals surface area (Å²) in [5.74, 6) is -0.0360. The number of benzene rings is 1. The van der Waals surface area contributed by atoms with Gasteiger partial charge in [-0.15, -0.1) is 0 Å². The van der Waals surface area contributed by atoms with E-state index in [0.29, 0.717) is 40.0 Å². The van der Waals surface area contributed by atoms with Crippen LogP contribution in [0.1, 0.15) is 61.8 Å². The zero-order valence-corrected chi connectivity index (χ0v) is 20.8. The van der Waals surface area contributed by atoms with Crippen LogP contribution in [0.15, 0.2) is 48.7 Å². The second kappa shape index (κ2) is 10.2. The van der Waals surface area contributed by atoms with E-state index in [9.17, 15) is 14.9 Å². The molecule has 0 bridgehead atoms. The molecule has 4 rings (SSSR count). The molecule has 8 nitrogen and oxygen atoms in total. The number of anilines is 1. The monoisotopic (exact) mass is 491 g/mol. The molecule has 2 aromatic heterocycles. The Morgan fingerprint density at radius 2 is 1.97 bits per heavy atom. The number of hydrogen-bond acceptors (Lipinski definition) is 7. The van der Waals surface area contributed by atoms with E-state index in [0.717, 1.165) is 29.7 Å². The van der Waals surface area contributed by atoms with Crippen LogP contribution in [0.5, 0.6) is 0 Å². The Bertz CT molecular complexity index is 1260. The number of rotatable bonds is 4. The third-order valence-corrected chi connectivity index (χ3v) is 6.50. The minimum absolute atomic E-state index is 0. The maximum Gasteiger partial charge on any atom is 0.410 e.